The number of anilines is 1. The normalized spacial score (nSPS) is 25.7. The van der Waals surface area contributed by atoms with Gasteiger partial charge in [-0.25, -0.2) is 4.98 Å². The Kier molecular flexibility index (Phi) is 10.1. The monoisotopic (exact) mass is 709 g/mol. The molecule has 3 N–H and O–H groups in total. The minimum atomic E-state index is -1.21. The van der Waals surface area contributed by atoms with Crippen LogP contribution in [0.5, 0.6) is 16.7 Å². The number of aromatic nitrogens is 1. The first-order valence-electron chi connectivity index (χ1n) is 17.6. The fourth-order valence-corrected chi connectivity index (χ4v) is 7.95. The summed E-state index contributed by atoms with van der Waals surface area (Å²) in [6.45, 7) is 2.23. The zero-order chi connectivity index (χ0) is 35.4. The Morgan fingerprint density at radius 3 is 2.71 bits per heavy atom. The van der Waals surface area contributed by atoms with Crippen molar-refractivity contribution in [1.82, 2.24) is 20.7 Å². The van der Waals surface area contributed by atoms with Gasteiger partial charge in [0, 0.05) is 24.1 Å². The van der Waals surface area contributed by atoms with Crippen molar-refractivity contribution in [2.75, 3.05) is 19.0 Å². The van der Waals surface area contributed by atoms with Crippen LogP contribution in [0.15, 0.2) is 84.9 Å². The number of rotatable bonds is 8. The lowest BCUT2D eigenvalue weighted by atomic mass is 10.0. The van der Waals surface area contributed by atoms with E-state index in [0.29, 0.717) is 29.5 Å². The Balaban J connectivity index is 1.17. The highest BCUT2D eigenvalue weighted by Crippen LogP contribution is 2.45. The first-order valence-corrected chi connectivity index (χ1v) is 18.4. The molecule has 266 valence electrons. The standard InChI is InChI=1S/C39H43N5O6S/c1-25-18-19-31-34(20-25)51-38(41-31)49-30-22-33-35(45)42-39(37(47)43-50-28-14-8-6-9-15-28)23-26(39)12-7-4-3-5-10-17-32(36(46)44(33)24-30)40-27-13-11-16-29(21-27)48-2/h6-9,11-16,18-21,26,30,32-33,40H,3-5,10,17,22-24H2,1-2H3,(H,42,45)(H,43,47)/b12-7-/t26-,30+,32-,33-,39+/m0/s1. The van der Waals surface area contributed by atoms with Gasteiger partial charge in [0.05, 0.1) is 23.9 Å². The van der Waals surface area contributed by atoms with Gasteiger partial charge in [-0.05, 0) is 74.6 Å². The van der Waals surface area contributed by atoms with E-state index in [1.54, 1.807) is 24.1 Å². The van der Waals surface area contributed by atoms with Gasteiger partial charge in [0.25, 0.3) is 11.1 Å². The first kappa shape index (κ1) is 34.4. The van der Waals surface area contributed by atoms with Crippen molar-refractivity contribution in [3.63, 3.8) is 0 Å². The summed E-state index contributed by atoms with van der Waals surface area (Å²) >= 11 is 1.44. The van der Waals surface area contributed by atoms with Crippen molar-refractivity contribution in [2.45, 2.75) is 75.6 Å². The maximum Gasteiger partial charge on any atom is 0.278 e. The summed E-state index contributed by atoms with van der Waals surface area (Å²) in [4.78, 5) is 54.6. The maximum atomic E-state index is 14.6. The van der Waals surface area contributed by atoms with E-state index in [-0.39, 0.29) is 24.8 Å². The number of ether oxygens (including phenoxy) is 2. The molecule has 0 unspecified atom stereocenters. The first-order chi connectivity index (χ1) is 24.8. The summed E-state index contributed by atoms with van der Waals surface area (Å²) in [7, 11) is 1.61. The summed E-state index contributed by atoms with van der Waals surface area (Å²) in [5.74, 6) is -0.106. The average Bonchev–Trinajstić information content (AvgIpc) is 3.44. The van der Waals surface area contributed by atoms with E-state index in [9.17, 15) is 14.4 Å². The smallest absolute Gasteiger partial charge is 0.278 e. The van der Waals surface area contributed by atoms with Crippen LogP contribution in [0.2, 0.25) is 0 Å². The van der Waals surface area contributed by atoms with E-state index in [2.05, 4.69) is 33.2 Å². The molecular formula is C39H43N5O6S. The van der Waals surface area contributed by atoms with Gasteiger partial charge in [-0.3, -0.25) is 14.4 Å². The molecular weight excluding hydrogens is 667 g/mol. The van der Waals surface area contributed by atoms with Gasteiger partial charge >= 0.3 is 0 Å². The summed E-state index contributed by atoms with van der Waals surface area (Å²) in [6, 6.07) is 21.0. The van der Waals surface area contributed by atoms with Crippen LogP contribution in [-0.4, -0.2) is 65.0 Å². The Morgan fingerprint density at radius 1 is 1.02 bits per heavy atom. The number of aryl methyl sites for hydroxylation is 1. The van der Waals surface area contributed by atoms with Crippen LogP contribution in [0, 0.1) is 12.8 Å². The average molecular weight is 710 g/mol. The van der Waals surface area contributed by atoms with Gasteiger partial charge in [0.15, 0.2) is 5.75 Å². The molecule has 0 radical (unpaired) electrons. The molecule has 3 aromatic carbocycles. The number of fused-ring (bicyclic) bond motifs is 3. The number of carbonyl (C=O) groups excluding carboxylic acids is 3. The van der Waals surface area contributed by atoms with Crippen LogP contribution >= 0.6 is 11.3 Å². The number of benzene rings is 3. The van der Waals surface area contributed by atoms with E-state index >= 15 is 0 Å². The molecule has 1 saturated carbocycles. The maximum absolute atomic E-state index is 14.6. The Hall–Kier alpha value is -5.10. The van der Waals surface area contributed by atoms with Crippen molar-refractivity contribution in [2.24, 2.45) is 5.92 Å². The topological polar surface area (TPSA) is 131 Å². The number of carbonyl (C=O) groups is 3. The molecule has 3 aliphatic rings. The molecule has 2 aliphatic heterocycles. The molecule has 1 aromatic heterocycles. The number of para-hydroxylation sites is 1. The Morgan fingerprint density at radius 2 is 1.86 bits per heavy atom. The molecule has 4 aromatic rings. The van der Waals surface area contributed by atoms with Gasteiger partial charge < -0.3 is 29.8 Å². The molecule has 1 aliphatic carbocycles. The summed E-state index contributed by atoms with van der Waals surface area (Å²) in [5.41, 5.74) is 4.07. The second kappa shape index (κ2) is 15.0. The molecule has 3 amide bonds. The van der Waals surface area contributed by atoms with Crippen LogP contribution < -0.4 is 30.4 Å². The van der Waals surface area contributed by atoms with Crippen molar-refractivity contribution < 1.29 is 28.7 Å². The lowest BCUT2D eigenvalue weighted by Crippen LogP contribution is -2.57. The molecule has 3 heterocycles. The summed E-state index contributed by atoms with van der Waals surface area (Å²) in [5, 5.41) is 7.00. The van der Waals surface area contributed by atoms with E-state index in [1.807, 2.05) is 67.6 Å². The van der Waals surface area contributed by atoms with Gasteiger partial charge in [-0.2, -0.15) is 5.48 Å². The highest BCUT2D eigenvalue weighted by Gasteiger charge is 2.61. The van der Waals surface area contributed by atoms with Crippen molar-refractivity contribution in [3.05, 3.63) is 90.5 Å². The number of thiazole rings is 1. The predicted octanol–water partition coefficient (Wildman–Crippen LogP) is 5.95. The lowest BCUT2D eigenvalue weighted by Gasteiger charge is -2.30. The number of hydrogen-bond acceptors (Lipinski definition) is 9. The van der Waals surface area contributed by atoms with E-state index < -0.39 is 35.5 Å². The molecule has 0 spiro atoms. The second-order valence-electron chi connectivity index (χ2n) is 13.5. The minimum Gasteiger partial charge on any atom is -0.497 e. The Bertz CT molecular complexity index is 1920. The largest absolute Gasteiger partial charge is 0.497 e. The highest BCUT2D eigenvalue weighted by atomic mass is 32.1. The van der Waals surface area contributed by atoms with Crippen molar-refractivity contribution in [1.29, 1.82) is 0 Å². The van der Waals surface area contributed by atoms with Gasteiger partial charge in [-0.1, -0.05) is 66.7 Å². The number of hydroxylamine groups is 1. The molecule has 7 rings (SSSR count). The number of amides is 3. The molecule has 11 nitrogen and oxygen atoms in total. The number of nitrogens with one attached hydrogen (secondary N) is 3. The highest BCUT2D eigenvalue weighted by molar-refractivity contribution is 7.20. The van der Waals surface area contributed by atoms with Crippen molar-refractivity contribution >= 4 is 45.0 Å². The van der Waals surface area contributed by atoms with Crippen LogP contribution in [-0.2, 0) is 14.4 Å². The number of allylic oxidation sites excluding steroid dienone is 1. The van der Waals surface area contributed by atoms with E-state index in [0.717, 1.165) is 47.2 Å². The molecule has 1 saturated heterocycles. The van der Waals surface area contributed by atoms with Gasteiger partial charge in [0.1, 0.15) is 29.5 Å². The molecule has 51 heavy (non-hydrogen) atoms. The number of methoxy groups -OCH3 is 1. The third-order valence-electron chi connectivity index (χ3n) is 9.85. The van der Waals surface area contributed by atoms with Crippen molar-refractivity contribution in [3.8, 4) is 16.7 Å². The second-order valence-corrected chi connectivity index (χ2v) is 14.5. The molecule has 0 bridgehead atoms. The van der Waals surface area contributed by atoms with Crippen LogP contribution in [0.1, 0.15) is 50.5 Å². The molecule has 12 heteroatoms. The zero-order valence-electron chi connectivity index (χ0n) is 28.8. The SMILES string of the molecule is COc1cccc(N[C@H]2CCCCC/C=C\[C@H]3C[C@@]3(C(=O)NOc3ccccc3)NC(=O)[C@@H]3C[C@@H](Oc4nc5ccc(C)cc5s4)CN3C2=O)c1. The Labute approximate surface area is 301 Å². The lowest BCUT2D eigenvalue weighted by molar-refractivity contribution is -0.141. The van der Waals surface area contributed by atoms with Gasteiger partial charge in [0.2, 0.25) is 11.8 Å². The summed E-state index contributed by atoms with van der Waals surface area (Å²) < 4.78 is 12.8. The van der Waals surface area contributed by atoms with Crippen LogP contribution in [0.3, 0.4) is 0 Å². The molecule has 2 fully saturated rings. The predicted molar refractivity (Wildman–Crippen MR) is 196 cm³/mol. The van der Waals surface area contributed by atoms with E-state index in [1.165, 1.54) is 11.3 Å². The van der Waals surface area contributed by atoms with Gasteiger partial charge in [-0.15, -0.1) is 0 Å². The van der Waals surface area contributed by atoms with Crippen LogP contribution in [0.25, 0.3) is 10.2 Å². The quantitative estimate of drug-likeness (QED) is 0.151. The minimum absolute atomic E-state index is 0.196. The number of hydrogen-bond donors (Lipinski definition) is 3. The third kappa shape index (κ3) is 7.80. The fourth-order valence-electron chi connectivity index (χ4n) is 6.97. The van der Waals surface area contributed by atoms with Crippen LogP contribution in [0.4, 0.5) is 5.69 Å². The van der Waals surface area contributed by atoms with E-state index in [4.69, 9.17) is 14.3 Å². The zero-order valence-corrected chi connectivity index (χ0v) is 29.6. The fraction of sp³-hybridized carbons (Fsp3) is 0.385. The molecule has 5 atom stereocenters. The third-order valence-corrected chi connectivity index (χ3v) is 10.8. The summed E-state index contributed by atoms with van der Waals surface area (Å²) in [6.07, 6.45) is 8.41. The number of nitrogens with zero attached hydrogens (tertiary/aromatic N) is 2.